The van der Waals surface area contributed by atoms with Gasteiger partial charge in [0.1, 0.15) is 17.6 Å². The number of ether oxygens (including phenoxy) is 2. The van der Waals surface area contributed by atoms with E-state index in [0.717, 1.165) is 37.4 Å². The molecule has 1 aromatic rings. The fourth-order valence-corrected chi connectivity index (χ4v) is 2.97. The fourth-order valence-electron chi connectivity index (χ4n) is 2.97. The monoisotopic (exact) mass is 285 g/mol. The number of nitrogens with zero attached hydrogens (tertiary/aromatic N) is 1. The minimum atomic E-state index is 0. The Labute approximate surface area is 119 Å². The molecule has 2 atom stereocenters. The maximum atomic E-state index is 9.67. The predicted molar refractivity (Wildman–Crippen MR) is 75.2 cm³/mol. The van der Waals surface area contributed by atoms with E-state index in [1.54, 1.807) is 12.1 Å². The van der Waals surface area contributed by atoms with Crippen LogP contribution in [0.3, 0.4) is 0 Å². The van der Waals surface area contributed by atoms with E-state index in [1.807, 2.05) is 6.07 Å². The third-order valence-electron chi connectivity index (χ3n) is 3.87. The van der Waals surface area contributed by atoms with Crippen LogP contribution >= 0.6 is 12.4 Å². The van der Waals surface area contributed by atoms with Gasteiger partial charge in [0, 0.05) is 18.2 Å². The van der Waals surface area contributed by atoms with Crippen molar-refractivity contribution >= 4 is 12.4 Å². The molecule has 4 nitrogen and oxygen atoms in total. The van der Waals surface area contributed by atoms with Gasteiger partial charge in [0.2, 0.25) is 0 Å². The number of phenols is 1. The summed E-state index contributed by atoms with van der Waals surface area (Å²) >= 11 is 0. The smallest absolute Gasteiger partial charge is 0.125 e. The van der Waals surface area contributed by atoms with E-state index in [2.05, 4.69) is 11.8 Å². The largest absolute Gasteiger partial charge is 0.508 e. The number of benzene rings is 1. The van der Waals surface area contributed by atoms with Gasteiger partial charge in [-0.2, -0.15) is 0 Å². The van der Waals surface area contributed by atoms with E-state index in [-0.39, 0.29) is 24.3 Å². The molecule has 2 aliphatic heterocycles. The molecule has 19 heavy (non-hydrogen) atoms. The second-order valence-electron chi connectivity index (χ2n) is 4.85. The summed E-state index contributed by atoms with van der Waals surface area (Å²) < 4.78 is 11.7. The highest BCUT2D eigenvalue weighted by Crippen LogP contribution is 2.39. The molecule has 0 bridgehead atoms. The molecule has 1 saturated heterocycles. The molecule has 1 aromatic carbocycles. The van der Waals surface area contributed by atoms with E-state index in [0.29, 0.717) is 12.6 Å². The number of rotatable bonds is 1. The van der Waals surface area contributed by atoms with Gasteiger partial charge in [-0.3, -0.25) is 4.90 Å². The molecule has 0 aliphatic carbocycles. The van der Waals surface area contributed by atoms with Crippen LogP contribution in [-0.4, -0.2) is 42.4 Å². The average molecular weight is 286 g/mol. The van der Waals surface area contributed by atoms with E-state index >= 15 is 0 Å². The minimum absolute atomic E-state index is 0. The van der Waals surface area contributed by atoms with Crippen molar-refractivity contribution in [3.63, 3.8) is 0 Å². The van der Waals surface area contributed by atoms with Crippen LogP contribution in [-0.2, 0) is 4.74 Å². The lowest BCUT2D eigenvalue weighted by molar-refractivity contribution is -0.0725. The van der Waals surface area contributed by atoms with Crippen molar-refractivity contribution in [1.82, 2.24) is 4.90 Å². The Morgan fingerprint density at radius 1 is 1.37 bits per heavy atom. The SMILES string of the molecule is CCN1CCO[C@@H]2c3cc(O)ccc3OCC[C@H]21.Cl. The zero-order chi connectivity index (χ0) is 12.5. The standard InChI is InChI=1S/C14H19NO3.ClH/c1-2-15-6-8-18-14-11-9-10(16)3-4-13(11)17-7-5-12(14)15;/h3-4,9,12,14,16H,2,5-8H2,1H3;1H/t12-,14-;/m1./s1. The first kappa shape index (κ1) is 14.4. The summed E-state index contributed by atoms with van der Waals surface area (Å²) in [5, 5.41) is 9.67. The number of hydrogen-bond acceptors (Lipinski definition) is 4. The maximum absolute atomic E-state index is 9.67. The quantitative estimate of drug-likeness (QED) is 0.860. The predicted octanol–water partition coefficient (Wildman–Crippen LogP) is 2.36. The lowest BCUT2D eigenvalue weighted by atomic mass is 9.97. The number of fused-ring (bicyclic) bond motifs is 3. The highest BCUT2D eigenvalue weighted by atomic mass is 35.5. The Morgan fingerprint density at radius 3 is 3.00 bits per heavy atom. The first-order valence-electron chi connectivity index (χ1n) is 6.61. The number of likely N-dealkylation sites (N-methyl/N-ethyl adjacent to an activating group) is 1. The van der Waals surface area contributed by atoms with Gasteiger partial charge in [-0.25, -0.2) is 0 Å². The maximum Gasteiger partial charge on any atom is 0.125 e. The Morgan fingerprint density at radius 2 is 2.21 bits per heavy atom. The van der Waals surface area contributed by atoms with Crippen LogP contribution < -0.4 is 4.74 Å². The first-order chi connectivity index (χ1) is 8.79. The Balaban J connectivity index is 0.00000133. The summed E-state index contributed by atoms with van der Waals surface area (Å²) in [5.41, 5.74) is 0.982. The molecule has 0 unspecified atom stereocenters. The van der Waals surface area contributed by atoms with Gasteiger partial charge in [0.05, 0.1) is 13.2 Å². The molecule has 0 radical (unpaired) electrons. The molecule has 0 aromatic heterocycles. The molecule has 106 valence electrons. The van der Waals surface area contributed by atoms with Crippen LogP contribution in [0.4, 0.5) is 0 Å². The van der Waals surface area contributed by atoms with Gasteiger partial charge in [-0.15, -0.1) is 12.4 Å². The highest BCUT2D eigenvalue weighted by molar-refractivity contribution is 5.85. The van der Waals surface area contributed by atoms with Crippen LogP contribution in [0.2, 0.25) is 0 Å². The second kappa shape index (κ2) is 5.99. The number of aromatic hydroxyl groups is 1. The number of halogens is 1. The van der Waals surface area contributed by atoms with Crippen LogP contribution in [0.5, 0.6) is 11.5 Å². The molecular weight excluding hydrogens is 266 g/mol. The minimum Gasteiger partial charge on any atom is -0.508 e. The van der Waals surface area contributed by atoms with E-state index in [1.165, 1.54) is 0 Å². The third kappa shape index (κ3) is 2.66. The first-order valence-corrected chi connectivity index (χ1v) is 6.61. The van der Waals surface area contributed by atoms with Gasteiger partial charge >= 0.3 is 0 Å². The summed E-state index contributed by atoms with van der Waals surface area (Å²) in [6.45, 7) is 5.63. The molecule has 0 saturated carbocycles. The Hall–Kier alpha value is -0.970. The zero-order valence-electron chi connectivity index (χ0n) is 11.0. The van der Waals surface area contributed by atoms with E-state index in [9.17, 15) is 5.11 Å². The summed E-state index contributed by atoms with van der Waals surface area (Å²) in [5.74, 6) is 1.12. The van der Waals surface area contributed by atoms with Crippen LogP contribution in [0.15, 0.2) is 18.2 Å². The van der Waals surface area contributed by atoms with Crippen molar-refractivity contribution in [2.24, 2.45) is 0 Å². The average Bonchev–Trinajstić information content (AvgIpc) is 2.57. The molecule has 3 rings (SSSR count). The van der Waals surface area contributed by atoms with Crippen LogP contribution in [0.1, 0.15) is 25.0 Å². The zero-order valence-corrected chi connectivity index (χ0v) is 11.9. The summed E-state index contributed by atoms with van der Waals surface area (Å²) in [4.78, 5) is 2.44. The number of phenolic OH excluding ortho intramolecular Hbond substituents is 1. The normalized spacial score (nSPS) is 26.4. The van der Waals surface area contributed by atoms with E-state index < -0.39 is 0 Å². The highest BCUT2D eigenvalue weighted by Gasteiger charge is 2.36. The molecule has 5 heteroatoms. The lowest BCUT2D eigenvalue weighted by Crippen LogP contribution is -2.46. The molecule has 0 amide bonds. The molecular formula is C14H20ClNO3. The summed E-state index contributed by atoms with van der Waals surface area (Å²) in [6.07, 6.45) is 0.983. The fraction of sp³-hybridized carbons (Fsp3) is 0.571. The van der Waals surface area contributed by atoms with Gasteiger partial charge in [0.25, 0.3) is 0 Å². The van der Waals surface area contributed by atoms with Gasteiger partial charge in [-0.1, -0.05) is 6.92 Å². The number of hydrogen-bond donors (Lipinski definition) is 1. The summed E-state index contributed by atoms with van der Waals surface area (Å²) in [7, 11) is 0. The Kier molecular flexibility index (Phi) is 4.55. The van der Waals surface area contributed by atoms with E-state index in [4.69, 9.17) is 9.47 Å². The van der Waals surface area contributed by atoms with Gasteiger partial charge in [0.15, 0.2) is 0 Å². The van der Waals surface area contributed by atoms with Crippen molar-refractivity contribution in [3.05, 3.63) is 23.8 Å². The lowest BCUT2D eigenvalue weighted by Gasteiger charge is -2.39. The molecule has 0 spiro atoms. The van der Waals surface area contributed by atoms with Crippen molar-refractivity contribution in [3.8, 4) is 11.5 Å². The van der Waals surface area contributed by atoms with Gasteiger partial charge in [-0.05, 0) is 31.2 Å². The molecule has 2 heterocycles. The Bertz CT molecular complexity index is 441. The molecule has 2 aliphatic rings. The van der Waals surface area contributed by atoms with Crippen molar-refractivity contribution in [1.29, 1.82) is 0 Å². The molecule has 1 fully saturated rings. The number of morpholine rings is 1. The summed E-state index contributed by atoms with van der Waals surface area (Å²) in [6, 6.07) is 5.63. The van der Waals surface area contributed by atoms with Crippen molar-refractivity contribution in [2.75, 3.05) is 26.3 Å². The topological polar surface area (TPSA) is 41.9 Å². The van der Waals surface area contributed by atoms with Gasteiger partial charge < -0.3 is 14.6 Å². The molecule has 1 N–H and O–H groups in total. The van der Waals surface area contributed by atoms with Crippen molar-refractivity contribution < 1.29 is 14.6 Å². The second-order valence-corrected chi connectivity index (χ2v) is 4.85. The van der Waals surface area contributed by atoms with Crippen molar-refractivity contribution in [2.45, 2.75) is 25.5 Å². The van der Waals surface area contributed by atoms with Crippen LogP contribution in [0.25, 0.3) is 0 Å². The van der Waals surface area contributed by atoms with Crippen LogP contribution in [0, 0.1) is 0 Å². The third-order valence-corrected chi connectivity index (χ3v) is 3.87.